The molecule has 1 saturated carbocycles. The predicted octanol–water partition coefficient (Wildman–Crippen LogP) is 3.38. The quantitative estimate of drug-likeness (QED) is 0.339. The predicted molar refractivity (Wildman–Crippen MR) is 94.6 cm³/mol. The van der Waals surface area contributed by atoms with Crippen molar-refractivity contribution in [2.45, 2.75) is 37.2 Å². The van der Waals surface area contributed by atoms with Gasteiger partial charge in [-0.25, -0.2) is 9.38 Å². The summed E-state index contributed by atoms with van der Waals surface area (Å²) >= 11 is 1.62. The van der Waals surface area contributed by atoms with E-state index in [4.69, 9.17) is 0 Å². The maximum absolute atomic E-state index is 13.3. The smallest absolute Gasteiger partial charge is 0.191 e. The first-order valence-corrected chi connectivity index (χ1v) is 7.82. The number of hydrogen-bond donors (Lipinski definition) is 2. The molecule has 0 saturated heterocycles. The molecule has 0 amide bonds. The minimum absolute atomic E-state index is 0. The van der Waals surface area contributed by atoms with Crippen molar-refractivity contribution in [2.75, 3.05) is 12.8 Å². The van der Waals surface area contributed by atoms with Crippen LogP contribution in [0.3, 0.4) is 0 Å². The van der Waals surface area contributed by atoms with Gasteiger partial charge in [0.25, 0.3) is 0 Å². The van der Waals surface area contributed by atoms with Gasteiger partial charge in [-0.1, -0.05) is 0 Å². The second-order valence-electron chi connectivity index (χ2n) is 4.57. The topological polar surface area (TPSA) is 36.4 Å². The highest BCUT2D eigenvalue weighted by molar-refractivity contribution is 14.0. The molecule has 0 bridgehead atoms. The molecular weight excluding hydrogens is 388 g/mol. The zero-order valence-electron chi connectivity index (χ0n) is 11.8. The Kier molecular flexibility index (Phi) is 7.65. The molecule has 6 heteroatoms. The lowest BCUT2D eigenvalue weighted by molar-refractivity contribution is 0.623. The van der Waals surface area contributed by atoms with Crippen LogP contribution in [0.1, 0.15) is 25.3 Å². The van der Waals surface area contributed by atoms with Crippen LogP contribution in [-0.4, -0.2) is 24.8 Å². The minimum atomic E-state index is -0.205. The van der Waals surface area contributed by atoms with Gasteiger partial charge in [0.2, 0.25) is 0 Å². The number of halogens is 2. The molecule has 0 radical (unpaired) electrons. The lowest BCUT2D eigenvalue weighted by Crippen LogP contribution is -2.38. The average Bonchev–Trinajstić information content (AvgIpc) is 3.20. The number of benzene rings is 1. The van der Waals surface area contributed by atoms with E-state index >= 15 is 0 Å². The molecule has 0 aliphatic heterocycles. The number of nitrogens with zero attached hydrogens (tertiary/aromatic N) is 1. The van der Waals surface area contributed by atoms with Gasteiger partial charge in [-0.2, -0.15) is 0 Å². The van der Waals surface area contributed by atoms with Gasteiger partial charge < -0.3 is 10.6 Å². The first kappa shape index (κ1) is 17.6. The van der Waals surface area contributed by atoms with Gasteiger partial charge >= 0.3 is 0 Å². The second kappa shape index (κ2) is 8.71. The summed E-state index contributed by atoms with van der Waals surface area (Å²) in [6.45, 7) is 3.37. The zero-order valence-corrected chi connectivity index (χ0v) is 14.9. The van der Waals surface area contributed by atoms with Crippen LogP contribution in [0.5, 0.6) is 0 Å². The van der Waals surface area contributed by atoms with Gasteiger partial charge in [-0.15, -0.1) is 35.7 Å². The molecule has 0 atom stereocenters. The second-order valence-corrected chi connectivity index (χ2v) is 5.42. The molecule has 1 fully saturated rings. The van der Waals surface area contributed by atoms with Crippen molar-refractivity contribution in [3.63, 3.8) is 0 Å². The highest BCUT2D eigenvalue weighted by Crippen LogP contribution is 2.22. The number of thioether (sulfide) groups is 1. The summed E-state index contributed by atoms with van der Waals surface area (Å²) in [5.74, 6) is 0.615. The Balaban J connectivity index is 0.00000200. The summed E-state index contributed by atoms with van der Waals surface area (Å²) in [6.07, 6.45) is 4.41. The van der Waals surface area contributed by atoms with Gasteiger partial charge in [-0.3, -0.25) is 0 Å². The number of hydrogen-bond acceptors (Lipinski definition) is 2. The monoisotopic (exact) mass is 409 g/mol. The van der Waals surface area contributed by atoms with Gasteiger partial charge in [0.05, 0.1) is 6.54 Å². The minimum Gasteiger partial charge on any atom is -0.357 e. The fourth-order valence-electron chi connectivity index (χ4n) is 1.78. The van der Waals surface area contributed by atoms with Crippen LogP contribution in [0, 0.1) is 5.82 Å². The van der Waals surface area contributed by atoms with E-state index in [0.29, 0.717) is 12.6 Å². The largest absolute Gasteiger partial charge is 0.357 e. The molecule has 3 nitrogen and oxygen atoms in total. The molecule has 1 aliphatic carbocycles. The molecule has 0 spiro atoms. The Morgan fingerprint density at radius 3 is 2.80 bits per heavy atom. The van der Waals surface area contributed by atoms with Crippen molar-refractivity contribution < 1.29 is 4.39 Å². The van der Waals surface area contributed by atoms with Crippen LogP contribution in [-0.2, 0) is 6.54 Å². The summed E-state index contributed by atoms with van der Waals surface area (Å²) in [4.78, 5) is 5.60. The van der Waals surface area contributed by atoms with Crippen molar-refractivity contribution in [1.29, 1.82) is 0 Å². The van der Waals surface area contributed by atoms with Crippen LogP contribution in [0.2, 0.25) is 0 Å². The van der Waals surface area contributed by atoms with Gasteiger partial charge in [0.15, 0.2) is 5.96 Å². The normalized spacial score (nSPS) is 14.7. The Hall–Kier alpha value is -0.500. The third-order valence-electron chi connectivity index (χ3n) is 2.91. The van der Waals surface area contributed by atoms with E-state index in [1.54, 1.807) is 17.8 Å². The van der Waals surface area contributed by atoms with Crippen molar-refractivity contribution in [3.05, 3.63) is 29.6 Å². The van der Waals surface area contributed by atoms with E-state index in [1.165, 1.54) is 18.9 Å². The van der Waals surface area contributed by atoms with Gasteiger partial charge in [-0.05, 0) is 49.8 Å². The standard InChI is InChI=1S/C14H20FN3S.HI/c1-3-16-14(18-12-5-6-12)17-9-10-8-11(15)4-7-13(10)19-2;/h4,7-8,12H,3,5-6,9H2,1-2H3,(H2,16,17,18);1H. The van der Waals surface area contributed by atoms with Crippen LogP contribution in [0.4, 0.5) is 4.39 Å². The lowest BCUT2D eigenvalue weighted by Gasteiger charge is -2.11. The molecule has 112 valence electrons. The Bertz CT molecular complexity index is 464. The van der Waals surface area contributed by atoms with E-state index < -0.39 is 0 Å². The summed E-state index contributed by atoms with van der Waals surface area (Å²) in [7, 11) is 0. The van der Waals surface area contributed by atoms with Crippen LogP contribution in [0.15, 0.2) is 28.1 Å². The van der Waals surface area contributed by atoms with E-state index in [-0.39, 0.29) is 29.8 Å². The van der Waals surface area contributed by atoms with E-state index in [0.717, 1.165) is 23.0 Å². The van der Waals surface area contributed by atoms with Gasteiger partial charge in [0, 0.05) is 17.5 Å². The lowest BCUT2D eigenvalue weighted by atomic mass is 10.2. The average molecular weight is 409 g/mol. The van der Waals surface area contributed by atoms with E-state index in [9.17, 15) is 4.39 Å². The maximum Gasteiger partial charge on any atom is 0.191 e. The summed E-state index contributed by atoms with van der Waals surface area (Å²) in [5.41, 5.74) is 0.931. The SMILES string of the molecule is CCNC(=NCc1cc(F)ccc1SC)NC1CC1.I. The van der Waals surface area contributed by atoms with E-state index in [2.05, 4.69) is 15.6 Å². The molecule has 0 aromatic heterocycles. The fraction of sp³-hybridized carbons (Fsp3) is 0.500. The summed E-state index contributed by atoms with van der Waals surface area (Å²) in [5, 5.41) is 6.57. The molecule has 2 rings (SSSR count). The van der Waals surface area contributed by atoms with Crippen molar-refractivity contribution in [1.82, 2.24) is 10.6 Å². The van der Waals surface area contributed by atoms with Crippen molar-refractivity contribution in [2.24, 2.45) is 4.99 Å². The van der Waals surface area contributed by atoms with Crippen LogP contribution >= 0.6 is 35.7 Å². The summed E-state index contributed by atoms with van der Waals surface area (Å²) in [6, 6.07) is 5.43. The highest BCUT2D eigenvalue weighted by atomic mass is 127. The van der Waals surface area contributed by atoms with Crippen molar-refractivity contribution in [3.8, 4) is 0 Å². The van der Waals surface area contributed by atoms with Crippen LogP contribution < -0.4 is 10.6 Å². The molecule has 1 aliphatic rings. The third-order valence-corrected chi connectivity index (χ3v) is 3.75. The van der Waals surface area contributed by atoms with Gasteiger partial charge in [0.1, 0.15) is 5.82 Å². The fourth-order valence-corrected chi connectivity index (χ4v) is 2.37. The molecule has 20 heavy (non-hydrogen) atoms. The zero-order chi connectivity index (χ0) is 13.7. The first-order valence-electron chi connectivity index (χ1n) is 6.60. The molecule has 0 unspecified atom stereocenters. The molecule has 2 N–H and O–H groups in total. The Morgan fingerprint density at radius 2 is 2.20 bits per heavy atom. The maximum atomic E-state index is 13.3. The molecule has 1 aromatic carbocycles. The number of nitrogens with one attached hydrogen (secondary N) is 2. The van der Waals surface area contributed by atoms with E-state index in [1.807, 2.05) is 19.2 Å². The molecule has 0 heterocycles. The Labute approximate surface area is 141 Å². The Morgan fingerprint density at radius 1 is 1.45 bits per heavy atom. The number of rotatable bonds is 5. The first-order chi connectivity index (χ1) is 9.22. The van der Waals surface area contributed by atoms with Crippen molar-refractivity contribution >= 4 is 41.7 Å². The highest BCUT2D eigenvalue weighted by Gasteiger charge is 2.22. The molecular formula is C14H21FIN3S. The molecule has 1 aromatic rings. The number of aliphatic imine (C=N–C) groups is 1. The van der Waals surface area contributed by atoms with Crippen LogP contribution in [0.25, 0.3) is 0 Å². The third kappa shape index (κ3) is 5.47. The summed E-state index contributed by atoms with van der Waals surface area (Å²) < 4.78 is 13.3. The number of guanidine groups is 1.